The van der Waals surface area contributed by atoms with Gasteiger partial charge in [-0.3, -0.25) is 24.2 Å². The van der Waals surface area contributed by atoms with E-state index in [2.05, 4.69) is 43.0 Å². The summed E-state index contributed by atoms with van der Waals surface area (Å²) in [5, 5.41) is 33.4. The number of carbonyl (C=O) groups is 3. The number of likely N-dealkylation sites (N-methyl/N-ethyl adjacent to an activating group) is 1. The zero-order chi connectivity index (χ0) is 30.9. The lowest BCUT2D eigenvalue weighted by molar-refractivity contribution is -0.127. The predicted molar refractivity (Wildman–Crippen MR) is 161 cm³/mol. The number of phenolic OH excluding ortho intramolecular Hbond substituents is 1. The maximum Gasteiger partial charge on any atom is 0.255 e. The van der Waals surface area contributed by atoms with Crippen LogP contribution in [0.15, 0.2) is 71.2 Å². The van der Waals surface area contributed by atoms with Crippen molar-refractivity contribution in [3.05, 3.63) is 87.9 Å². The molecule has 6 unspecified atom stereocenters. The maximum absolute atomic E-state index is 14.0. The fraction of sp³-hybridized carbons (Fsp3) is 0.382. The van der Waals surface area contributed by atoms with Crippen LogP contribution in [0.3, 0.4) is 0 Å². The van der Waals surface area contributed by atoms with E-state index in [9.17, 15) is 29.7 Å². The standard InChI is InChI=1S/C34H37N3O6/c1-16-8-9-17(2)37(16)15-18-6-5-7-19(12-18)21-10-11-24(38)26-22(21)13-20-14-23-27(31(40)25(20)30(26)39)32(41)28(34(35)43)33(42)29(23)36(3)4/h5-12,16-17,20,23,27,29,38,40,42H,13-15H2,1-4H3,(H2,35,43). The number of Topliss-reactive ketones (excluding diaryl/α,β-unsaturated/α-hetero) is 2. The van der Waals surface area contributed by atoms with Gasteiger partial charge in [-0.15, -0.1) is 0 Å². The van der Waals surface area contributed by atoms with Gasteiger partial charge in [0.25, 0.3) is 5.91 Å². The highest BCUT2D eigenvalue weighted by Gasteiger charge is 2.54. The van der Waals surface area contributed by atoms with E-state index >= 15 is 0 Å². The van der Waals surface area contributed by atoms with Crippen molar-refractivity contribution in [2.45, 2.75) is 51.4 Å². The number of ketones is 2. The molecule has 0 bridgehead atoms. The third-order valence-electron chi connectivity index (χ3n) is 9.77. The topological polar surface area (TPSA) is 144 Å². The van der Waals surface area contributed by atoms with Gasteiger partial charge in [0, 0.05) is 24.2 Å². The minimum absolute atomic E-state index is 0.0792. The Morgan fingerprint density at radius 2 is 1.72 bits per heavy atom. The number of allylic oxidation sites excluding steroid dienone is 2. The number of aliphatic hydroxyl groups excluding tert-OH is 2. The molecule has 3 aliphatic carbocycles. The molecule has 0 spiro atoms. The quantitative estimate of drug-likeness (QED) is 0.307. The zero-order valence-electron chi connectivity index (χ0n) is 24.7. The molecule has 0 radical (unpaired) electrons. The summed E-state index contributed by atoms with van der Waals surface area (Å²) in [7, 11) is 3.43. The van der Waals surface area contributed by atoms with Crippen molar-refractivity contribution in [2.24, 2.45) is 23.5 Å². The van der Waals surface area contributed by atoms with E-state index in [4.69, 9.17) is 5.73 Å². The second-order valence-electron chi connectivity index (χ2n) is 12.5. The number of aliphatic hydroxyl groups is 2. The highest BCUT2D eigenvalue weighted by Crippen LogP contribution is 2.51. The number of primary amides is 1. The number of hydrogen-bond donors (Lipinski definition) is 4. The number of nitrogens with zero attached hydrogens (tertiary/aromatic N) is 2. The van der Waals surface area contributed by atoms with Crippen LogP contribution in [0, 0.1) is 17.8 Å². The van der Waals surface area contributed by atoms with Crippen LogP contribution in [0.4, 0.5) is 0 Å². The van der Waals surface area contributed by atoms with Gasteiger partial charge in [0.2, 0.25) is 0 Å². The number of benzene rings is 2. The van der Waals surface area contributed by atoms with E-state index in [1.54, 1.807) is 19.0 Å². The first kappa shape index (κ1) is 28.9. The van der Waals surface area contributed by atoms with Gasteiger partial charge in [-0.25, -0.2) is 0 Å². The number of nitrogens with two attached hydrogens (primary N) is 1. The summed E-state index contributed by atoms with van der Waals surface area (Å²) in [6.07, 6.45) is 5.07. The van der Waals surface area contributed by atoms with Gasteiger partial charge >= 0.3 is 0 Å². The summed E-state index contributed by atoms with van der Waals surface area (Å²) < 4.78 is 0. The van der Waals surface area contributed by atoms with Gasteiger partial charge in [0.05, 0.1) is 17.5 Å². The van der Waals surface area contributed by atoms with Gasteiger partial charge < -0.3 is 21.1 Å². The molecule has 1 heterocycles. The second kappa shape index (κ2) is 10.5. The molecule has 1 aliphatic heterocycles. The average molecular weight is 584 g/mol. The van der Waals surface area contributed by atoms with Crippen LogP contribution in [0.25, 0.3) is 11.1 Å². The molecular weight excluding hydrogens is 546 g/mol. The number of carbonyl (C=O) groups excluding carboxylic acids is 3. The van der Waals surface area contributed by atoms with Crippen molar-refractivity contribution < 1.29 is 29.7 Å². The van der Waals surface area contributed by atoms with E-state index in [-0.39, 0.29) is 16.9 Å². The first-order valence-electron chi connectivity index (χ1n) is 14.7. The van der Waals surface area contributed by atoms with Crippen LogP contribution in [-0.2, 0) is 22.6 Å². The van der Waals surface area contributed by atoms with Gasteiger partial charge in [-0.1, -0.05) is 36.4 Å². The minimum atomic E-state index is -1.20. The monoisotopic (exact) mass is 583 g/mol. The molecule has 0 aromatic heterocycles. The van der Waals surface area contributed by atoms with Crippen molar-refractivity contribution in [3.8, 4) is 16.9 Å². The van der Waals surface area contributed by atoms with Crippen molar-refractivity contribution in [1.82, 2.24) is 9.80 Å². The van der Waals surface area contributed by atoms with Crippen molar-refractivity contribution in [3.63, 3.8) is 0 Å². The summed E-state index contributed by atoms with van der Waals surface area (Å²) >= 11 is 0. The van der Waals surface area contributed by atoms with E-state index < -0.39 is 58.4 Å². The third kappa shape index (κ3) is 4.49. The first-order chi connectivity index (χ1) is 20.4. The molecule has 5 N–H and O–H groups in total. The summed E-state index contributed by atoms with van der Waals surface area (Å²) in [6.45, 7) is 5.11. The molecule has 1 amide bonds. The summed E-state index contributed by atoms with van der Waals surface area (Å²) in [4.78, 5) is 43.7. The maximum atomic E-state index is 14.0. The number of rotatable bonds is 5. The molecule has 43 heavy (non-hydrogen) atoms. The molecule has 9 nitrogen and oxygen atoms in total. The Morgan fingerprint density at radius 1 is 1.02 bits per heavy atom. The minimum Gasteiger partial charge on any atom is -0.511 e. The first-order valence-corrected chi connectivity index (χ1v) is 14.7. The molecule has 9 heteroatoms. The summed E-state index contributed by atoms with van der Waals surface area (Å²) in [5.41, 5.74) is 8.67. The van der Waals surface area contributed by atoms with E-state index in [1.807, 2.05) is 18.2 Å². The normalized spacial score (nSPS) is 28.8. The lowest BCUT2D eigenvalue weighted by atomic mass is 9.60. The smallest absolute Gasteiger partial charge is 0.255 e. The van der Waals surface area contributed by atoms with Crippen LogP contribution in [0.5, 0.6) is 5.75 Å². The second-order valence-corrected chi connectivity index (χ2v) is 12.5. The molecule has 4 aliphatic rings. The fourth-order valence-electron chi connectivity index (χ4n) is 7.79. The van der Waals surface area contributed by atoms with Gasteiger partial charge in [-0.2, -0.15) is 0 Å². The zero-order valence-corrected chi connectivity index (χ0v) is 24.7. The van der Waals surface area contributed by atoms with Crippen molar-refractivity contribution >= 4 is 17.5 Å². The molecule has 0 saturated carbocycles. The van der Waals surface area contributed by atoms with E-state index in [0.717, 1.165) is 23.2 Å². The molecular formula is C34H37N3O6. The molecule has 6 rings (SSSR count). The van der Waals surface area contributed by atoms with Crippen LogP contribution < -0.4 is 5.73 Å². The van der Waals surface area contributed by atoms with Gasteiger partial charge in [-0.05, 0) is 87.0 Å². The van der Waals surface area contributed by atoms with E-state index in [0.29, 0.717) is 30.5 Å². The number of fused-ring (bicyclic) bond motifs is 3. The Labute approximate surface area is 250 Å². The number of phenols is 1. The predicted octanol–water partition coefficient (Wildman–Crippen LogP) is 3.82. The number of aromatic hydroxyl groups is 1. The Kier molecular flexibility index (Phi) is 7.06. The van der Waals surface area contributed by atoms with Crippen molar-refractivity contribution in [1.29, 1.82) is 0 Å². The fourth-order valence-corrected chi connectivity index (χ4v) is 7.79. The van der Waals surface area contributed by atoms with Gasteiger partial charge in [0.1, 0.15) is 22.8 Å². The van der Waals surface area contributed by atoms with Crippen molar-refractivity contribution in [2.75, 3.05) is 14.1 Å². The Hall–Kier alpha value is -4.21. The Balaban J connectivity index is 1.42. The molecule has 6 atom stereocenters. The highest BCUT2D eigenvalue weighted by molar-refractivity contribution is 6.22. The SMILES string of the molecule is CC1C=CC(C)N1Cc1cccc(-c2ccc(O)c3c2CC2CC4C(C(=O)C(C(N)=O)=C(O)C4N(C)C)C(O)=C2C3=O)c1. The average Bonchev–Trinajstić information content (AvgIpc) is 3.24. The Morgan fingerprint density at radius 3 is 2.37 bits per heavy atom. The molecule has 2 aromatic rings. The Bertz CT molecular complexity index is 1640. The van der Waals surface area contributed by atoms with Crippen LogP contribution in [0.2, 0.25) is 0 Å². The van der Waals surface area contributed by atoms with Crippen LogP contribution in [-0.4, -0.2) is 74.8 Å². The summed E-state index contributed by atoms with van der Waals surface area (Å²) in [5.74, 6) is -5.65. The summed E-state index contributed by atoms with van der Waals surface area (Å²) in [6, 6.07) is 11.4. The molecule has 0 fully saturated rings. The lowest BCUT2D eigenvalue weighted by Gasteiger charge is -2.46. The molecule has 0 saturated heterocycles. The van der Waals surface area contributed by atoms with Gasteiger partial charge in [0.15, 0.2) is 11.6 Å². The highest BCUT2D eigenvalue weighted by atomic mass is 16.3. The molecule has 224 valence electrons. The van der Waals surface area contributed by atoms with Crippen LogP contribution in [0.1, 0.15) is 41.8 Å². The van der Waals surface area contributed by atoms with Crippen LogP contribution >= 0.6 is 0 Å². The van der Waals surface area contributed by atoms with E-state index in [1.165, 1.54) is 6.07 Å². The largest absolute Gasteiger partial charge is 0.511 e. The third-order valence-corrected chi connectivity index (χ3v) is 9.77. The number of hydrogen-bond acceptors (Lipinski definition) is 8. The number of amides is 1. The molecule has 2 aromatic carbocycles. The lowest BCUT2D eigenvalue weighted by Crippen LogP contribution is -2.53.